The number of methoxy groups -OCH3 is 1. The van der Waals surface area contributed by atoms with Gasteiger partial charge in [-0.25, -0.2) is 0 Å². The van der Waals surface area contributed by atoms with E-state index < -0.39 is 11.7 Å². The topological polar surface area (TPSA) is 21.3 Å². The normalized spacial score (nSPS) is 21.8. The number of hydrogen-bond acceptors (Lipinski definition) is 2. The van der Waals surface area contributed by atoms with Gasteiger partial charge in [-0.2, -0.15) is 13.2 Å². The van der Waals surface area contributed by atoms with Crippen molar-refractivity contribution in [3.63, 3.8) is 0 Å². The third kappa shape index (κ3) is 3.02. The van der Waals surface area contributed by atoms with Gasteiger partial charge in [-0.15, -0.1) is 0 Å². The zero-order valence-electron chi connectivity index (χ0n) is 12.0. The highest BCUT2D eigenvalue weighted by Gasteiger charge is 2.38. The number of nitrogens with one attached hydrogen (secondary N) is 1. The van der Waals surface area contributed by atoms with Crippen LogP contribution < -0.4 is 10.1 Å². The molecular weight excluding hydrogens is 267 g/mol. The Morgan fingerprint density at radius 3 is 2.50 bits per heavy atom. The van der Waals surface area contributed by atoms with Crippen LogP contribution in [0.5, 0.6) is 5.75 Å². The molecule has 1 atom stereocenters. The minimum absolute atomic E-state index is 0.0167. The van der Waals surface area contributed by atoms with Gasteiger partial charge in [0.25, 0.3) is 0 Å². The first-order chi connectivity index (χ1) is 9.24. The molecule has 5 heteroatoms. The van der Waals surface area contributed by atoms with Gasteiger partial charge >= 0.3 is 6.18 Å². The van der Waals surface area contributed by atoms with Crippen LogP contribution in [0.3, 0.4) is 0 Å². The van der Waals surface area contributed by atoms with Crippen molar-refractivity contribution in [2.24, 2.45) is 5.41 Å². The predicted octanol–water partition coefficient (Wildman–Crippen LogP) is 4.70. The minimum Gasteiger partial charge on any atom is -0.497 e. The summed E-state index contributed by atoms with van der Waals surface area (Å²) in [7, 11) is 1.36. The summed E-state index contributed by atoms with van der Waals surface area (Å²) >= 11 is 0. The standard InChI is InChI=1S/C15H20F3NO/c1-14(2)8-4-5-13(14)19-12-7-6-10(20-3)9-11(12)15(16,17)18/h6-7,9,13,19H,4-5,8H2,1-3H3. The summed E-state index contributed by atoms with van der Waals surface area (Å²) in [5.74, 6) is 0.216. The third-order valence-electron chi connectivity index (χ3n) is 4.12. The van der Waals surface area contributed by atoms with Crippen LogP contribution in [0.25, 0.3) is 0 Å². The van der Waals surface area contributed by atoms with Crippen molar-refractivity contribution in [3.05, 3.63) is 23.8 Å². The van der Waals surface area contributed by atoms with Gasteiger partial charge in [0.05, 0.1) is 12.7 Å². The van der Waals surface area contributed by atoms with Crippen molar-refractivity contribution >= 4 is 5.69 Å². The zero-order chi connectivity index (χ0) is 15.0. The molecule has 1 unspecified atom stereocenters. The van der Waals surface area contributed by atoms with Crippen molar-refractivity contribution in [2.75, 3.05) is 12.4 Å². The summed E-state index contributed by atoms with van der Waals surface area (Å²) in [6, 6.07) is 4.12. The maximum Gasteiger partial charge on any atom is 0.418 e. The van der Waals surface area contributed by atoms with Crippen molar-refractivity contribution in [3.8, 4) is 5.75 Å². The number of halogens is 3. The Balaban J connectivity index is 2.32. The highest BCUT2D eigenvalue weighted by atomic mass is 19.4. The summed E-state index contributed by atoms with van der Waals surface area (Å²) in [4.78, 5) is 0. The molecule has 1 aliphatic carbocycles. The highest BCUT2D eigenvalue weighted by molar-refractivity contribution is 5.56. The molecule has 0 radical (unpaired) electrons. The van der Waals surface area contributed by atoms with Crippen LogP contribution in [0.1, 0.15) is 38.7 Å². The largest absolute Gasteiger partial charge is 0.497 e. The Hall–Kier alpha value is -1.39. The van der Waals surface area contributed by atoms with Crippen molar-refractivity contribution in [1.29, 1.82) is 0 Å². The maximum atomic E-state index is 13.1. The maximum absolute atomic E-state index is 13.1. The van der Waals surface area contributed by atoms with E-state index >= 15 is 0 Å². The first kappa shape index (κ1) is 15.0. The van der Waals surface area contributed by atoms with Crippen molar-refractivity contribution in [2.45, 2.75) is 45.3 Å². The predicted molar refractivity (Wildman–Crippen MR) is 73.0 cm³/mol. The zero-order valence-corrected chi connectivity index (χ0v) is 12.0. The molecule has 2 nitrogen and oxygen atoms in total. The summed E-state index contributed by atoms with van der Waals surface area (Å²) in [6.07, 6.45) is -1.42. The van der Waals surface area contributed by atoms with Gasteiger partial charge < -0.3 is 10.1 Å². The molecule has 1 saturated carbocycles. The van der Waals surface area contributed by atoms with Gasteiger partial charge in [-0.3, -0.25) is 0 Å². The van der Waals surface area contributed by atoms with E-state index in [0.29, 0.717) is 0 Å². The van der Waals surface area contributed by atoms with Crippen molar-refractivity contribution in [1.82, 2.24) is 0 Å². The lowest BCUT2D eigenvalue weighted by molar-refractivity contribution is -0.137. The van der Waals surface area contributed by atoms with E-state index in [0.717, 1.165) is 25.3 Å². The molecule has 0 heterocycles. The van der Waals surface area contributed by atoms with Crippen LogP contribution in [0.4, 0.5) is 18.9 Å². The van der Waals surface area contributed by atoms with Crippen LogP contribution >= 0.6 is 0 Å². The van der Waals surface area contributed by atoms with E-state index in [2.05, 4.69) is 19.2 Å². The second-order valence-corrected chi connectivity index (χ2v) is 5.99. The number of hydrogen-bond donors (Lipinski definition) is 1. The molecule has 2 rings (SSSR count). The lowest BCUT2D eigenvalue weighted by Gasteiger charge is -2.30. The smallest absolute Gasteiger partial charge is 0.418 e. The number of benzene rings is 1. The number of anilines is 1. The lowest BCUT2D eigenvalue weighted by atomic mass is 9.87. The fourth-order valence-corrected chi connectivity index (χ4v) is 2.79. The second kappa shape index (κ2) is 5.19. The molecule has 0 bridgehead atoms. The Bertz CT molecular complexity index is 482. The summed E-state index contributed by atoms with van der Waals surface area (Å²) in [5, 5.41) is 3.08. The monoisotopic (exact) mass is 287 g/mol. The SMILES string of the molecule is COc1ccc(NC2CCCC2(C)C)c(C(F)(F)F)c1. The van der Waals surface area contributed by atoms with Gasteiger partial charge in [0.2, 0.25) is 0 Å². The van der Waals surface area contributed by atoms with Crippen LogP contribution in [0.15, 0.2) is 18.2 Å². The van der Waals surface area contributed by atoms with Gasteiger partial charge in [0.15, 0.2) is 0 Å². The van der Waals surface area contributed by atoms with Crippen molar-refractivity contribution < 1.29 is 17.9 Å². The molecule has 1 aromatic rings. The van der Waals surface area contributed by atoms with E-state index in [4.69, 9.17) is 4.74 Å². The van der Waals surface area contributed by atoms with Gasteiger partial charge in [0.1, 0.15) is 5.75 Å². The molecule has 0 saturated heterocycles. The molecule has 0 aliphatic heterocycles. The number of ether oxygens (including phenoxy) is 1. The molecule has 1 fully saturated rings. The van der Waals surface area contributed by atoms with E-state index in [1.807, 2.05) is 0 Å². The van der Waals surface area contributed by atoms with Crippen LogP contribution in [0.2, 0.25) is 0 Å². The molecule has 112 valence electrons. The molecule has 1 aromatic carbocycles. The quantitative estimate of drug-likeness (QED) is 0.869. The fourth-order valence-electron chi connectivity index (χ4n) is 2.79. The molecule has 0 aromatic heterocycles. The summed E-state index contributed by atoms with van der Waals surface area (Å²) < 4.78 is 44.3. The second-order valence-electron chi connectivity index (χ2n) is 5.99. The average Bonchev–Trinajstić information content (AvgIpc) is 2.68. The third-order valence-corrected chi connectivity index (χ3v) is 4.12. The van der Waals surface area contributed by atoms with Crippen LogP contribution in [0, 0.1) is 5.41 Å². The molecule has 20 heavy (non-hydrogen) atoms. The Morgan fingerprint density at radius 1 is 1.30 bits per heavy atom. The molecular formula is C15H20F3NO. The molecule has 1 N–H and O–H groups in total. The van der Waals surface area contributed by atoms with E-state index in [1.54, 1.807) is 6.07 Å². The Morgan fingerprint density at radius 2 is 2.00 bits per heavy atom. The Kier molecular flexibility index (Phi) is 3.89. The first-order valence-electron chi connectivity index (χ1n) is 6.76. The number of rotatable bonds is 3. The Labute approximate surface area is 117 Å². The number of alkyl halides is 3. The first-order valence-corrected chi connectivity index (χ1v) is 6.76. The molecule has 0 amide bonds. The van der Waals surface area contributed by atoms with Gasteiger partial charge in [-0.1, -0.05) is 20.3 Å². The average molecular weight is 287 g/mol. The van der Waals surface area contributed by atoms with Gasteiger partial charge in [-0.05, 0) is 36.5 Å². The van der Waals surface area contributed by atoms with E-state index in [-0.39, 0.29) is 22.9 Å². The summed E-state index contributed by atoms with van der Waals surface area (Å²) in [5.41, 5.74) is -0.513. The van der Waals surface area contributed by atoms with Crippen LogP contribution in [-0.2, 0) is 6.18 Å². The van der Waals surface area contributed by atoms with E-state index in [1.165, 1.54) is 13.2 Å². The van der Waals surface area contributed by atoms with Gasteiger partial charge in [0, 0.05) is 11.7 Å². The molecule has 0 spiro atoms. The highest BCUT2D eigenvalue weighted by Crippen LogP contribution is 2.42. The fraction of sp³-hybridized carbons (Fsp3) is 0.600. The summed E-state index contributed by atoms with van der Waals surface area (Å²) in [6.45, 7) is 4.18. The van der Waals surface area contributed by atoms with Crippen LogP contribution in [-0.4, -0.2) is 13.2 Å². The lowest BCUT2D eigenvalue weighted by Crippen LogP contribution is -2.31. The van der Waals surface area contributed by atoms with E-state index in [9.17, 15) is 13.2 Å². The minimum atomic E-state index is -4.39. The molecule has 1 aliphatic rings.